The molecule has 7 heteroatoms. The van der Waals surface area contributed by atoms with Crippen LogP contribution in [-0.4, -0.2) is 85.1 Å². The van der Waals surface area contributed by atoms with Gasteiger partial charge in [-0.15, -0.1) is 0 Å². The Bertz CT molecular complexity index is 575. The first-order valence-electron chi connectivity index (χ1n) is 9.46. The average Bonchev–Trinajstić information content (AvgIpc) is 3.30. The van der Waals surface area contributed by atoms with E-state index in [0.29, 0.717) is 17.4 Å². The van der Waals surface area contributed by atoms with Crippen molar-refractivity contribution in [3.05, 3.63) is 23.9 Å². The molecule has 2 fully saturated rings. The summed E-state index contributed by atoms with van der Waals surface area (Å²) in [6.07, 6.45) is 4.09. The van der Waals surface area contributed by atoms with E-state index < -0.39 is 0 Å². The fraction of sp³-hybridized carbons (Fsp3) is 0.684. The van der Waals surface area contributed by atoms with Gasteiger partial charge >= 0.3 is 0 Å². The lowest BCUT2D eigenvalue weighted by Gasteiger charge is -2.18. The molecule has 2 unspecified atom stereocenters. The Morgan fingerprint density at radius 1 is 1.42 bits per heavy atom. The van der Waals surface area contributed by atoms with Gasteiger partial charge in [0.2, 0.25) is 5.88 Å². The van der Waals surface area contributed by atoms with E-state index in [4.69, 9.17) is 4.74 Å². The van der Waals surface area contributed by atoms with Crippen LogP contribution in [0.4, 0.5) is 0 Å². The van der Waals surface area contributed by atoms with E-state index in [9.17, 15) is 4.79 Å². The zero-order valence-electron chi connectivity index (χ0n) is 15.8. The Kier molecular flexibility index (Phi) is 7.16. The van der Waals surface area contributed by atoms with Gasteiger partial charge in [0.05, 0.1) is 5.56 Å². The molecule has 0 aromatic carbocycles. The molecule has 1 aromatic rings. The normalized spacial score (nSPS) is 23.5. The van der Waals surface area contributed by atoms with Gasteiger partial charge in [-0.05, 0) is 51.2 Å². The highest BCUT2D eigenvalue weighted by Crippen LogP contribution is 2.22. The summed E-state index contributed by atoms with van der Waals surface area (Å²) in [5.74, 6) is 3.28. The summed E-state index contributed by atoms with van der Waals surface area (Å²) in [7, 11) is 4.20. The summed E-state index contributed by atoms with van der Waals surface area (Å²) in [6, 6.07) is 3.61. The van der Waals surface area contributed by atoms with E-state index in [1.54, 1.807) is 18.3 Å². The fourth-order valence-electron chi connectivity index (χ4n) is 3.32. The Morgan fingerprint density at radius 3 is 3.00 bits per heavy atom. The Balaban J connectivity index is 1.39. The molecule has 1 aromatic heterocycles. The number of rotatable bonds is 8. The molecule has 1 amide bonds. The van der Waals surface area contributed by atoms with Crippen LogP contribution in [0.2, 0.25) is 0 Å². The molecule has 3 heterocycles. The van der Waals surface area contributed by atoms with E-state index >= 15 is 0 Å². The van der Waals surface area contributed by atoms with Crippen molar-refractivity contribution < 1.29 is 9.53 Å². The summed E-state index contributed by atoms with van der Waals surface area (Å²) in [5, 5.41) is 3.06. The Labute approximate surface area is 160 Å². The zero-order chi connectivity index (χ0) is 18.4. The van der Waals surface area contributed by atoms with E-state index in [1.165, 1.54) is 0 Å². The van der Waals surface area contributed by atoms with E-state index in [0.717, 1.165) is 57.1 Å². The maximum Gasteiger partial charge on any atom is 0.252 e. The lowest BCUT2D eigenvalue weighted by atomic mass is 10.1. The molecular formula is C19H30N4O2S. The topological polar surface area (TPSA) is 57.7 Å². The number of aromatic nitrogens is 1. The summed E-state index contributed by atoms with van der Waals surface area (Å²) < 4.78 is 5.83. The highest BCUT2D eigenvalue weighted by atomic mass is 32.2. The SMILES string of the molecule is CN(C)CCN1CCC(CNC(=O)c2ccc(OC3CCSC3)nc2)C1. The first kappa shape index (κ1) is 19.5. The number of carbonyl (C=O) groups is 1. The van der Waals surface area contributed by atoms with Crippen molar-refractivity contribution in [3.8, 4) is 5.88 Å². The van der Waals surface area contributed by atoms with Crippen LogP contribution in [0.1, 0.15) is 23.2 Å². The molecule has 1 N–H and O–H groups in total. The van der Waals surface area contributed by atoms with Crippen molar-refractivity contribution in [2.24, 2.45) is 5.92 Å². The number of thioether (sulfide) groups is 1. The smallest absolute Gasteiger partial charge is 0.252 e. The van der Waals surface area contributed by atoms with Crippen molar-refractivity contribution in [2.75, 3.05) is 58.3 Å². The molecule has 2 aliphatic rings. The maximum absolute atomic E-state index is 12.3. The number of ether oxygens (including phenoxy) is 1. The maximum atomic E-state index is 12.3. The lowest BCUT2D eigenvalue weighted by Crippen LogP contribution is -2.33. The summed E-state index contributed by atoms with van der Waals surface area (Å²) >= 11 is 1.91. The molecule has 0 aliphatic carbocycles. The molecule has 2 saturated heterocycles. The molecule has 0 saturated carbocycles. The number of amides is 1. The third-order valence-electron chi connectivity index (χ3n) is 4.96. The third-order valence-corrected chi connectivity index (χ3v) is 6.09. The predicted octanol–water partition coefficient (Wildman–Crippen LogP) is 1.58. The van der Waals surface area contributed by atoms with E-state index in [2.05, 4.69) is 34.2 Å². The third kappa shape index (κ3) is 5.86. The van der Waals surface area contributed by atoms with Crippen LogP contribution in [0.25, 0.3) is 0 Å². The molecular weight excluding hydrogens is 348 g/mol. The van der Waals surface area contributed by atoms with Gasteiger partial charge in [0, 0.05) is 44.2 Å². The number of hydrogen-bond donors (Lipinski definition) is 1. The van der Waals surface area contributed by atoms with Gasteiger partial charge in [-0.3, -0.25) is 4.79 Å². The summed E-state index contributed by atoms with van der Waals surface area (Å²) in [4.78, 5) is 21.3. The van der Waals surface area contributed by atoms with Crippen molar-refractivity contribution in [1.82, 2.24) is 20.1 Å². The van der Waals surface area contributed by atoms with Crippen LogP contribution in [0.15, 0.2) is 18.3 Å². The van der Waals surface area contributed by atoms with Crippen LogP contribution in [0.5, 0.6) is 5.88 Å². The van der Waals surface area contributed by atoms with Crippen molar-refractivity contribution in [2.45, 2.75) is 18.9 Å². The number of nitrogens with zero attached hydrogens (tertiary/aromatic N) is 3. The highest BCUT2D eigenvalue weighted by Gasteiger charge is 2.23. The van der Waals surface area contributed by atoms with Gasteiger partial charge in [-0.1, -0.05) is 0 Å². The van der Waals surface area contributed by atoms with Crippen molar-refractivity contribution in [3.63, 3.8) is 0 Å². The molecule has 26 heavy (non-hydrogen) atoms. The Hall–Kier alpha value is -1.31. The standard InChI is InChI=1S/C19H30N4O2S/c1-22(2)8-9-23-7-5-15(13-23)11-21-19(24)16-3-4-18(20-12-16)25-17-6-10-26-14-17/h3-4,12,15,17H,5-11,13-14H2,1-2H3,(H,21,24). The molecule has 6 nitrogen and oxygen atoms in total. The number of pyridine rings is 1. The van der Waals surface area contributed by atoms with Crippen LogP contribution >= 0.6 is 11.8 Å². The molecule has 0 spiro atoms. The minimum absolute atomic E-state index is 0.0489. The van der Waals surface area contributed by atoms with Crippen LogP contribution < -0.4 is 10.1 Å². The molecule has 2 atom stereocenters. The number of nitrogens with one attached hydrogen (secondary N) is 1. The van der Waals surface area contributed by atoms with Gasteiger partial charge in [-0.2, -0.15) is 11.8 Å². The molecule has 144 valence electrons. The first-order valence-corrected chi connectivity index (χ1v) is 10.6. The van der Waals surface area contributed by atoms with Gasteiger partial charge in [-0.25, -0.2) is 4.98 Å². The van der Waals surface area contributed by atoms with E-state index in [-0.39, 0.29) is 12.0 Å². The minimum atomic E-state index is -0.0489. The molecule has 0 radical (unpaired) electrons. The Morgan fingerprint density at radius 2 is 2.31 bits per heavy atom. The van der Waals surface area contributed by atoms with Gasteiger partial charge in [0.1, 0.15) is 6.10 Å². The van der Waals surface area contributed by atoms with Gasteiger partial charge in [0.25, 0.3) is 5.91 Å². The molecule has 0 bridgehead atoms. The summed E-state index contributed by atoms with van der Waals surface area (Å²) in [6.45, 7) is 5.11. The second-order valence-electron chi connectivity index (χ2n) is 7.46. The predicted molar refractivity (Wildman–Crippen MR) is 106 cm³/mol. The van der Waals surface area contributed by atoms with Crippen molar-refractivity contribution in [1.29, 1.82) is 0 Å². The zero-order valence-corrected chi connectivity index (χ0v) is 16.6. The second-order valence-corrected chi connectivity index (χ2v) is 8.61. The van der Waals surface area contributed by atoms with Gasteiger partial charge < -0.3 is 19.9 Å². The largest absolute Gasteiger partial charge is 0.473 e. The summed E-state index contributed by atoms with van der Waals surface area (Å²) in [5.41, 5.74) is 0.598. The fourth-order valence-corrected chi connectivity index (χ4v) is 4.42. The molecule has 3 rings (SSSR count). The number of likely N-dealkylation sites (N-methyl/N-ethyl adjacent to an activating group) is 1. The lowest BCUT2D eigenvalue weighted by molar-refractivity contribution is 0.0947. The quantitative estimate of drug-likeness (QED) is 0.741. The van der Waals surface area contributed by atoms with Crippen LogP contribution in [0.3, 0.4) is 0 Å². The average molecular weight is 379 g/mol. The van der Waals surface area contributed by atoms with Crippen molar-refractivity contribution >= 4 is 17.7 Å². The number of carbonyl (C=O) groups excluding carboxylic acids is 1. The highest BCUT2D eigenvalue weighted by molar-refractivity contribution is 7.99. The number of likely N-dealkylation sites (tertiary alicyclic amines) is 1. The van der Waals surface area contributed by atoms with E-state index in [1.807, 2.05) is 11.8 Å². The monoisotopic (exact) mass is 378 g/mol. The molecule has 2 aliphatic heterocycles. The van der Waals surface area contributed by atoms with Crippen LogP contribution in [0, 0.1) is 5.92 Å². The second kappa shape index (κ2) is 9.58. The first-order chi connectivity index (χ1) is 12.6. The van der Waals surface area contributed by atoms with Gasteiger partial charge in [0.15, 0.2) is 0 Å². The minimum Gasteiger partial charge on any atom is -0.473 e. The van der Waals surface area contributed by atoms with Crippen LogP contribution in [-0.2, 0) is 0 Å². The number of hydrogen-bond acceptors (Lipinski definition) is 6.